The molecule has 9 heteroatoms. The van der Waals surface area contributed by atoms with Crippen LogP contribution in [0.15, 0.2) is 24.5 Å². The minimum Gasteiger partial charge on any atom is -0.474 e. The summed E-state index contributed by atoms with van der Waals surface area (Å²) in [6, 6.07) is 4.01. The van der Waals surface area contributed by atoms with Crippen LogP contribution in [0.3, 0.4) is 0 Å². The molecule has 1 aromatic heterocycles. The molecule has 2 heterocycles. The number of benzene rings is 1. The van der Waals surface area contributed by atoms with Crippen LogP contribution in [0.25, 0.3) is 0 Å². The number of nitrogens with zero attached hydrogens (tertiary/aromatic N) is 2. The molecule has 1 saturated heterocycles. The maximum atomic E-state index is 14.5. The highest BCUT2D eigenvalue weighted by Crippen LogP contribution is 2.30. The van der Waals surface area contributed by atoms with Crippen molar-refractivity contribution in [2.75, 3.05) is 33.4 Å². The fourth-order valence-corrected chi connectivity index (χ4v) is 2.91. The van der Waals surface area contributed by atoms with E-state index in [9.17, 15) is 9.18 Å². The first-order valence-corrected chi connectivity index (χ1v) is 9.52. The Labute approximate surface area is 168 Å². The van der Waals surface area contributed by atoms with Crippen molar-refractivity contribution in [1.82, 2.24) is 20.6 Å². The largest absolute Gasteiger partial charge is 0.474 e. The molecule has 29 heavy (non-hydrogen) atoms. The molecule has 0 aliphatic carbocycles. The molecule has 0 unspecified atom stereocenters. The van der Waals surface area contributed by atoms with Crippen molar-refractivity contribution in [2.45, 2.75) is 25.9 Å². The van der Waals surface area contributed by atoms with Crippen LogP contribution in [0.2, 0.25) is 0 Å². The molecule has 156 valence electrons. The van der Waals surface area contributed by atoms with Crippen LogP contribution >= 0.6 is 0 Å². The quantitative estimate of drug-likeness (QED) is 0.652. The Morgan fingerprint density at radius 2 is 2.03 bits per heavy atom. The van der Waals surface area contributed by atoms with Gasteiger partial charge in [-0.25, -0.2) is 14.4 Å². The Morgan fingerprint density at radius 1 is 1.28 bits per heavy atom. The molecule has 0 radical (unpaired) electrons. The molecule has 1 amide bonds. The summed E-state index contributed by atoms with van der Waals surface area (Å²) in [6.45, 7) is 4.28. The summed E-state index contributed by atoms with van der Waals surface area (Å²) in [5.41, 5.74) is 0.784. The summed E-state index contributed by atoms with van der Waals surface area (Å²) in [4.78, 5) is 20.3. The number of ether oxygens (including phenoxy) is 3. The van der Waals surface area contributed by atoms with E-state index < -0.39 is 5.82 Å². The fourth-order valence-electron chi connectivity index (χ4n) is 2.91. The number of hydrogen-bond acceptors (Lipinski definition) is 7. The zero-order chi connectivity index (χ0) is 20.6. The number of halogens is 1. The number of nitrogens with one attached hydrogen (secondary N) is 2. The van der Waals surface area contributed by atoms with Crippen LogP contribution in [0, 0.1) is 12.7 Å². The highest BCUT2D eigenvalue weighted by atomic mass is 19.1. The fraction of sp³-hybridized carbons (Fsp3) is 0.450. The summed E-state index contributed by atoms with van der Waals surface area (Å²) < 4.78 is 30.9. The highest BCUT2D eigenvalue weighted by molar-refractivity contribution is 5.94. The van der Waals surface area contributed by atoms with Gasteiger partial charge in [0.1, 0.15) is 12.4 Å². The first-order chi connectivity index (χ1) is 14.1. The second-order valence-corrected chi connectivity index (χ2v) is 6.67. The average molecular weight is 404 g/mol. The third-order valence-electron chi connectivity index (χ3n) is 4.55. The van der Waals surface area contributed by atoms with Crippen molar-refractivity contribution < 1.29 is 23.4 Å². The predicted octanol–water partition coefficient (Wildman–Crippen LogP) is 2.22. The summed E-state index contributed by atoms with van der Waals surface area (Å²) >= 11 is 0. The number of methoxy groups -OCH3 is 1. The number of aromatic nitrogens is 2. The van der Waals surface area contributed by atoms with Gasteiger partial charge in [0.05, 0.1) is 12.2 Å². The van der Waals surface area contributed by atoms with E-state index >= 15 is 0 Å². The molecule has 0 bridgehead atoms. The van der Waals surface area contributed by atoms with Gasteiger partial charge in [-0.3, -0.25) is 4.79 Å². The van der Waals surface area contributed by atoms with Crippen LogP contribution in [0.4, 0.5) is 4.39 Å². The van der Waals surface area contributed by atoms with Gasteiger partial charge in [-0.15, -0.1) is 0 Å². The molecule has 1 aromatic carbocycles. The Balaban J connectivity index is 1.69. The topological polar surface area (TPSA) is 94.6 Å². The molecule has 3 rings (SSSR count). The van der Waals surface area contributed by atoms with Crippen LogP contribution in [-0.2, 0) is 4.74 Å². The van der Waals surface area contributed by atoms with Gasteiger partial charge in [0.2, 0.25) is 11.8 Å². The average Bonchev–Trinajstić information content (AvgIpc) is 2.73. The highest BCUT2D eigenvalue weighted by Gasteiger charge is 2.19. The van der Waals surface area contributed by atoms with Gasteiger partial charge in [-0.2, -0.15) is 0 Å². The van der Waals surface area contributed by atoms with Gasteiger partial charge in [0, 0.05) is 19.2 Å². The molecule has 1 aliphatic heterocycles. The lowest BCUT2D eigenvalue weighted by Crippen LogP contribution is -2.34. The summed E-state index contributed by atoms with van der Waals surface area (Å²) in [6.07, 6.45) is 3.18. The summed E-state index contributed by atoms with van der Waals surface area (Å²) in [5.74, 6) is -0.448. The molecule has 0 atom stereocenters. The van der Waals surface area contributed by atoms with Crippen molar-refractivity contribution in [3.8, 4) is 17.5 Å². The zero-order valence-corrected chi connectivity index (χ0v) is 16.5. The number of rotatable bonds is 8. The van der Waals surface area contributed by atoms with Crippen LogP contribution in [0.1, 0.15) is 28.8 Å². The lowest BCUT2D eigenvalue weighted by Gasteiger charge is -2.24. The maximum absolute atomic E-state index is 14.5. The van der Waals surface area contributed by atoms with Gasteiger partial charge in [0.15, 0.2) is 11.6 Å². The van der Waals surface area contributed by atoms with E-state index in [4.69, 9.17) is 14.2 Å². The van der Waals surface area contributed by atoms with Gasteiger partial charge < -0.3 is 24.8 Å². The second-order valence-electron chi connectivity index (χ2n) is 6.67. The molecule has 1 aliphatic rings. The molecule has 0 spiro atoms. The van der Waals surface area contributed by atoms with E-state index in [1.165, 1.54) is 25.6 Å². The van der Waals surface area contributed by atoms with Gasteiger partial charge in [-0.1, -0.05) is 0 Å². The third kappa shape index (κ3) is 5.61. The van der Waals surface area contributed by atoms with Crippen molar-refractivity contribution in [2.24, 2.45) is 0 Å². The monoisotopic (exact) mass is 404 g/mol. The van der Waals surface area contributed by atoms with E-state index in [2.05, 4.69) is 20.6 Å². The van der Waals surface area contributed by atoms with Crippen molar-refractivity contribution >= 4 is 5.91 Å². The SMILES string of the molecule is COCCNC(=O)c1ccc(Oc2ncnc(OC3CCNCC3)c2C)c(F)c1. The zero-order valence-electron chi connectivity index (χ0n) is 16.5. The standard InChI is InChI=1S/C20H25FN4O4/c1-13-19(28-15-5-7-22-8-6-15)24-12-25-20(13)29-17-4-3-14(11-16(17)21)18(26)23-9-10-27-2/h3-4,11-12,15,22H,5-10H2,1-2H3,(H,23,26). The molecule has 2 N–H and O–H groups in total. The summed E-state index contributed by atoms with van der Waals surface area (Å²) in [7, 11) is 1.54. The first-order valence-electron chi connectivity index (χ1n) is 9.52. The Bertz CT molecular complexity index is 843. The maximum Gasteiger partial charge on any atom is 0.251 e. The predicted molar refractivity (Wildman–Crippen MR) is 104 cm³/mol. The Hall–Kier alpha value is -2.78. The lowest BCUT2D eigenvalue weighted by atomic mass is 10.1. The van der Waals surface area contributed by atoms with Crippen LogP contribution in [0.5, 0.6) is 17.5 Å². The van der Waals surface area contributed by atoms with E-state index in [1.807, 2.05) is 0 Å². The Morgan fingerprint density at radius 3 is 2.76 bits per heavy atom. The van der Waals surface area contributed by atoms with Gasteiger partial charge >= 0.3 is 0 Å². The van der Waals surface area contributed by atoms with Crippen molar-refractivity contribution in [3.05, 3.63) is 41.5 Å². The third-order valence-corrected chi connectivity index (χ3v) is 4.55. The molecule has 8 nitrogen and oxygen atoms in total. The van der Waals surface area contributed by atoms with Crippen LogP contribution < -0.4 is 20.1 Å². The normalized spacial score (nSPS) is 14.4. The number of hydrogen-bond donors (Lipinski definition) is 2. The molecule has 2 aromatic rings. The van der Waals surface area contributed by atoms with Crippen molar-refractivity contribution in [3.63, 3.8) is 0 Å². The lowest BCUT2D eigenvalue weighted by molar-refractivity contribution is 0.0936. The number of piperidine rings is 1. The van der Waals surface area contributed by atoms with Crippen molar-refractivity contribution in [1.29, 1.82) is 0 Å². The Kier molecular flexibility index (Phi) is 7.31. The first kappa shape index (κ1) is 20.9. The van der Waals surface area contributed by atoms with Crippen LogP contribution in [-0.4, -0.2) is 55.3 Å². The molecule has 0 saturated carbocycles. The van der Waals surface area contributed by atoms with Gasteiger partial charge in [-0.05, 0) is 51.1 Å². The van der Waals surface area contributed by atoms with E-state index in [0.29, 0.717) is 24.6 Å². The summed E-state index contributed by atoms with van der Waals surface area (Å²) in [5, 5.41) is 5.92. The number of carbonyl (C=O) groups excluding carboxylic acids is 1. The minimum atomic E-state index is -0.664. The molecular weight excluding hydrogens is 379 g/mol. The van der Waals surface area contributed by atoms with E-state index in [1.54, 1.807) is 6.92 Å². The van der Waals surface area contributed by atoms with Gasteiger partial charge in [0.25, 0.3) is 5.91 Å². The van der Waals surface area contributed by atoms with E-state index in [-0.39, 0.29) is 29.2 Å². The number of carbonyl (C=O) groups is 1. The number of amides is 1. The van der Waals surface area contributed by atoms with E-state index in [0.717, 1.165) is 32.0 Å². The molecule has 1 fully saturated rings. The smallest absolute Gasteiger partial charge is 0.251 e. The second kappa shape index (κ2) is 10.1. The molecular formula is C20H25FN4O4. The minimum absolute atomic E-state index is 0.0342.